The number of hydrogen-bond acceptors (Lipinski definition) is 4. The molecule has 0 amide bonds. The number of carbonyl (C=O) groups is 2. The van der Waals surface area contributed by atoms with Crippen LogP contribution in [-0.4, -0.2) is 17.7 Å². The third kappa shape index (κ3) is 2.72. The van der Waals surface area contributed by atoms with E-state index in [-0.39, 0.29) is 11.6 Å². The molecule has 2 aliphatic rings. The van der Waals surface area contributed by atoms with Crippen LogP contribution in [-0.2, 0) is 9.53 Å². The Morgan fingerprint density at radius 1 is 1.04 bits per heavy atom. The molecule has 1 heterocycles. The lowest BCUT2D eigenvalue weighted by Crippen LogP contribution is -2.28. The van der Waals surface area contributed by atoms with E-state index >= 15 is 0 Å². The number of allylic oxidation sites excluding steroid dienone is 1. The van der Waals surface area contributed by atoms with Gasteiger partial charge in [0.15, 0.2) is 11.9 Å². The van der Waals surface area contributed by atoms with Crippen molar-refractivity contribution in [2.24, 2.45) is 0 Å². The zero-order valence-electron chi connectivity index (χ0n) is 14.1. The minimum Gasteiger partial charge on any atom is -0.485 e. The zero-order chi connectivity index (χ0) is 18.1. The van der Waals surface area contributed by atoms with Gasteiger partial charge in [0.25, 0.3) is 0 Å². The van der Waals surface area contributed by atoms with Crippen molar-refractivity contribution in [2.45, 2.75) is 31.3 Å². The molecule has 0 spiro atoms. The van der Waals surface area contributed by atoms with Gasteiger partial charge in [0.2, 0.25) is 5.78 Å². The second-order valence-corrected chi connectivity index (χ2v) is 6.59. The molecule has 2 aromatic rings. The highest BCUT2D eigenvalue weighted by atomic mass is 16.5. The van der Waals surface area contributed by atoms with Crippen molar-refractivity contribution < 1.29 is 14.3 Å². The van der Waals surface area contributed by atoms with Crippen LogP contribution in [0.5, 0.6) is 0 Å². The minimum atomic E-state index is -0.739. The maximum absolute atomic E-state index is 13.1. The van der Waals surface area contributed by atoms with Gasteiger partial charge in [0.05, 0.1) is 17.6 Å². The summed E-state index contributed by atoms with van der Waals surface area (Å²) < 4.78 is 6.02. The van der Waals surface area contributed by atoms with Gasteiger partial charge in [-0.15, -0.1) is 0 Å². The standard InChI is InChI=1S/C22H17NO3/c23-13-14-9-11-15(12-10-14)19-20-17(24)7-4-8-18(20)26-22(19)21(25)16-5-2-1-3-6-16/h1-3,5-6,9-12,19,22H,4,7-8H2/t19-,22-/m0/s1. The summed E-state index contributed by atoms with van der Waals surface area (Å²) in [6, 6.07) is 18.2. The van der Waals surface area contributed by atoms with Crippen LogP contribution in [0, 0.1) is 11.3 Å². The normalized spacial score (nSPS) is 21.7. The first kappa shape index (κ1) is 16.3. The van der Waals surface area contributed by atoms with E-state index in [1.54, 1.807) is 24.3 Å². The second-order valence-electron chi connectivity index (χ2n) is 6.59. The van der Waals surface area contributed by atoms with Crippen molar-refractivity contribution in [3.8, 4) is 6.07 Å². The highest BCUT2D eigenvalue weighted by Gasteiger charge is 2.45. The second kappa shape index (κ2) is 6.61. The summed E-state index contributed by atoms with van der Waals surface area (Å²) in [5.74, 6) is 0.175. The van der Waals surface area contributed by atoms with Crippen LogP contribution in [0.1, 0.15) is 46.7 Å². The van der Waals surface area contributed by atoms with Gasteiger partial charge < -0.3 is 4.74 Å². The first-order valence-electron chi connectivity index (χ1n) is 8.71. The van der Waals surface area contributed by atoms with Gasteiger partial charge in [-0.1, -0.05) is 42.5 Å². The van der Waals surface area contributed by atoms with Crippen LogP contribution in [0.2, 0.25) is 0 Å². The van der Waals surface area contributed by atoms with E-state index in [4.69, 9.17) is 10.00 Å². The lowest BCUT2D eigenvalue weighted by atomic mass is 9.80. The molecule has 1 aliphatic heterocycles. The van der Waals surface area contributed by atoms with Gasteiger partial charge in [-0.3, -0.25) is 9.59 Å². The Labute approximate surface area is 151 Å². The summed E-state index contributed by atoms with van der Waals surface area (Å²) >= 11 is 0. The molecule has 4 heteroatoms. The van der Waals surface area contributed by atoms with Crippen molar-refractivity contribution in [1.82, 2.24) is 0 Å². The van der Waals surface area contributed by atoms with E-state index in [2.05, 4.69) is 6.07 Å². The minimum absolute atomic E-state index is 0.0592. The maximum Gasteiger partial charge on any atom is 0.204 e. The van der Waals surface area contributed by atoms with Crippen molar-refractivity contribution in [3.63, 3.8) is 0 Å². The van der Waals surface area contributed by atoms with Gasteiger partial charge in [-0.2, -0.15) is 5.26 Å². The molecule has 2 aromatic carbocycles. The molecular weight excluding hydrogens is 326 g/mol. The molecule has 0 aromatic heterocycles. The fraction of sp³-hybridized carbons (Fsp3) is 0.227. The summed E-state index contributed by atoms with van der Waals surface area (Å²) in [6.45, 7) is 0. The van der Waals surface area contributed by atoms with E-state index in [1.807, 2.05) is 30.3 Å². The molecule has 0 saturated heterocycles. The Morgan fingerprint density at radius 3 is 2.46 bits per heavy atom. The van der Waals surface area contributed by atoms with Crippen molar-refractivity contribution in [2.75, 3.05) is 0 Å². The summed E-state index contributed by atoms with van der Waals surface area (Å²) in [5, 5.41) is 9.02. The molecule has 26 heavy (non-hydrogen) atoms. The van der Waals surface area contributed by atoms with E-state index in [0.717, 1.165) is 12.0 Å². The van der Waals surface area contributed by atoms with E-state index in [9.17, 15) is 9.59 Å². The van der Waals surface area contributed by atoms with Crippen molar-refractivity contribution >= 4 is 11.6 Å². The highest BCUT2D eigenvalue weighted by molar-refractivity contribution is 6.05. The zero-order valence-corrected chi connectivity index (χ0v) is 14.1. The van der Waals surface area contributed by atoms with Gasteiger partial charge in [0, 0.05) is 24.0 Å². The quantitative estimate of drug-likeness (QED) is 0.792. The molecule has 1 aliphatic carbocycles. The number of benzene rings is 2. The molecule has 0 unspecified atom stereocenters. The lowest BCUT2D eigenvalue weighted by molar-refractivity contribution is -0.116. The van der Waals surface area contributed by atoms with Crippen LogP contribution in [0.25, 0.3) is 0 Å². The molecule has 0 fully saturated rings. The van der Waals surface area contributed by atoms with Gasteiger partial charge in [-0.05, 0) is 24.1 Å². The van der Waals surface area contributed by atoms with E-state index < -0.39 is 12.0 Å². The topological polar surface area (TPSA) is 67.2 Å². The first-order chi connectivity index (χ1) is 12.7. The number of ketones is 2. The molecule has 0 bridgehead atoms. The summed E-state index contributed by atoms with van der Waals surface area (Å²) in [6.07, 6.45) is 1.19. The predicted molar refractivity (Wildman–Crippen MR) is 95.4 cm³/mol. The highest BCUT2D eigenvalue weighted by Crippen LogP contribution is 2.45. The van der Waals surface area contributed by atoms with Crippen LogP contribution >= 0.6 is 0 Å². The fourth-order valence-electron chi connectivity index (χ4n) is 3.75. The number of nitrogens with zero attached hydrogens (tertiary/aromatic N) is 1. The van der Waals surface area contributed by atoms with Gasteiger partial charge in [-0.25, -0.2) is 0 Å². The SMILES string of the molecule is N#Cc1ccc([C@H]2C3=C(CCCC3=O)O[C@@H]2C(=O)c2ccccc2)cc1. The number of ether oxygens (including phenoxy) is 1. The fourth-order valence-corrected chi connectivity index (χ4v) is 3.75. The summed E-state index contributed by atoms with van der Waals surface area (Å²) in [5.41, 5.74) is 2.58. The van der Waals surface area contributed by atoms with E-state index in [0.29, 0.717) is 35.3 Å². The molecule has 128 valence electrons. The maximum atomic E-state index is 13.1. The Morgan fingerprint density at radius 2 is 1.77 bits per heavy atom. The Balaban J connectivity index is 1.77. The summed E-state index contributed by atoms with van der Waals surface area (Å²) in [4.78, 5) is 25.7. The number of hydrogen-bond donors (Lipinski definition) is 0. The average Bonchev–Trinajstić information content (AvgIpc) is 3.09. The number of carbonyl (C=O) groups excluding carboxylic acids is 2. The molecule has 0 radical (unpaired) electrons. The Bertz CT molecular complexity index is 936. The Kier molecular flexibility index (Phi) is 4.14. The smallest absolute Gasteiger partial charge is 0.204 e. The van der Waals surface area contributed by atoms with Crippen molar-refractivity contribution in [3.05, 3.63) is 82.6 Å². The average molecular weight is 343 g/mol. The van der Waals surface area contributed by atoms with E-state index in [1.165, 1.54) is 0 Å². The van der Waals surface area contributed by atoms with Crippen LogP contribution in [0.3, 0.4) is 0 Å². The predicted octanol–water partition coefficient (Wildman–Crippen LogP) is 3.93. The Hall–Kier alpha value is -3.19. The number of nitriles is 1. The third-order valence-corrected chi connectivity index (χ3v) is 5.01. The van der Waals surface area contributed by atoms with Gasteiger partial charge >= 0.3 is 0 Å². The van der Waals surface area contributed by atoms with Gasteiger partial charge in [0.1, 0.15) is 5.76 Å². The largest absolute Gasteiger partial charge is 0.485 e. The molecule has 2 atom stereocenters. The van der Waals surface area contributed by atoms with Crippen LogP contribution in [0.15, 0.2) is 65.9 Å². The monoisotopic (exact) mass is 343 g/mol. The van der Waals surface area contributed by atoms with Crippen LogP contribution in [0.4, 0.5) is 0 Å². The van der Waals surface area contributed by atoms with Crippen molar-refractivity contribution in [1.29, 1.82) is 5.26 Å². The molecule has 0 N–H and O–H groups in total. The number of Topliss-reactive ketones (excluding diaryl/α,β-unsaturated/α-hetero) is 2. The number of rotatable bonds is 3. The third-order valence-electron chi connectivity index (χ3n) is 5.01. The first-order valence-corrected chi connectivity index (χ1v) is 8.71. The summed E-state index contributed by atoms with van der Waals surface area (Å²) in [7, 11) is 0. The lowest BCUT2D eigenvalue weighted by Gasteiger charge is -2.20. The molecule has 0 saturated carbocycles. The molecule has 4 nitrogen and oxygen atoms in total. The molecule has 4 rings (SSSR count). The molecular formula is C22H17NO3. The van der Waals surface area contributed by atoms with Crippen LogP contribution < -0.4 is 0 Å².